The normalized spacial score (nSPS) is 11.7. The summed E-state index contributed by atoms with van der Waals surface area (Å²) in [5.74, 6) is 0.978. The topological polar surface area (TPSA) is 159 Å². The van der Waals surface area contributed by atoms with Crippen LogP contribution in [0.25, 0.3) is 21.8 Å². The van der Waals surface area contributed by atoms with E-state index in [1.54, 1.807) is 36.7 Å². The van der Waals surface area contributed by atoms with Gasteiger partial charge in [-0.25, -0.2) is 0 Å². The van der Waals surface area contributed by atoms with Crippen molar-refractivity contribution < 1.29 is 68.9 Å². The Morgan fingerprint density at radius 1 is 0.651 bits per heavy atom. The molecule has 11 heteroatoms. The van der Waals surface area contributed by atoms with E-state index in [1.165, 1.54) is 52.7 Å². The number of aromatic hydroxyl groups is 2. The van der Waals surface area contributed by atoms with Crippen LogP contribution in [0.2, 0.25) is 0 Å². The van der Waals surface area contributed by atoms with Crippen LogP contribution in [0, 0.1) is 0 Å². The van der Waals surface area contributed by atoms with Crippen LogP contribution in [0.5, 0.6) is 11.5 Å². The van der Waals surface area contributed by atoms with Crippen LogP contribution < -0.4 is 0 Å². The van der Waals surface area contributed by atoms with Crippen molar-refractivity contribution >= 4 is 33.4 Å². The van der Waals surface area contributed by atoms with Gasteiger partial charge in [0, 0.05) is 70.5 Å². The van der Waals surface area contributed by atoms with Crippen molar-refractivity contribution in [3.8, 4) is 11.5 Å². The van der Waals surface area contributed by atoms with Crippen LogP contribution in [0.15, 0.2) is 96.7 Å². The number of aliphatic hydroxyl groups excluding tert-OH is 2. The van der Waals surface area contributed by atoms with Gasteiger partial charge in [-0.3, -0.25) is 19.6 Å². The fourth-order valence-corrected chi connectivity index (χ4v) is 3.29. The largest absolute Gasteiger partial charge is 0.512 e. The molecule has 0 saturated carbocycles. The number of aliphatic hydroxyl groups is 2. The molecule has 1 aliphatic heterocycles. The first-order chi connectivity index (χ1) is 19.5. The first-order valence-corrected chi connectivity index (χ1v) is 12.9. The maximum atomic E-state index is 9.31. The average molecular weight is 692 g/mol. The third kappa shape index (κ3) is 19.2. The van der Waals surface area contributed by atoms with Crippen LogP contribution in [-0.4, -0.2) is 64.8 Å². The van der Waals surface area contributed by atoms with Gasteiger partial charge in [0.15, 0.2) is 0 Å². The van der Waals surface area contributed by atoms with Crippen molar-refractivity contribution in [2.75, 3.05) is 13.2 Å². The van der Waals surface area contributed by atoms with E-state index in [0.29, 0.717) is 11.0 Å². The number of benzene rings is 2. The first-order valence-electron chi connectivity index (χ1n) is 12.9. The predicted octanol–water partition coefficient (Wildman–Crippen LogP) is 6.70. The van der Waals surface area contributed by atoms with Crippen molar-refractivity contribution in [3.05, 3.63) is 96.7 Å². The van der Waals surface area contributed by atoms with Crippen LogP contribution in [0.1, 0.15) is 40.5 Å². The van der Waals surface area contributed by atoms with E-state index in [9.17, 15) is 10.2 Å². The van der Waals surface area contributed by atoms with E-state index in [2.05, 4.69) is 9.97 Å². The van der Waals surface area contributed by atoms with Crippen LogP contribution >= 0.6 is 0 Å². The number of para-hydroxylation sites is 2. The van der Waals surface area contributed by atoms with E-state index in [1.807, 2.05) is 36.4 Å². The number of carbonyl (C=O) groups excluding carboxylic acids is 2. The Balaban J connectivity index is 0. The molecule has 1 fully saturated rings. The number of fused-ring (bicyclic) bond motifs is 2. The van der Waals surface area contributed by atoms with Gasteiger partial charge in [-0.15, -0.1) is 0 Å². The predicted molar refractivity (Wildman–Crippen MR) is 165 cm³/mol. The molecule has 240 valence electrons. The number of nitrogens with zero attached hydrogens (tertiary/aromatic N) is 2. The minimum absolute atomic E-state index is 0. The molecule has 43 heavy (non-hydrogen) atoms. The number of phenols is 2. The van der Waals surface area contributed by atoms with Gasteiger partial charge in [0.05, 0.1) is 37.5 Å². The number of allylic oxidation sites excluding steroid dienone is 4. The molecule has 0 unspecified atom stereocenters. The zero-order chi connectivity index (χ0) is 30.6. The van der Waals surface area contributed by atoms with Gasteiger partial charge in [0.25, 0.3) is 0 Å². The summed E-state index contributed by atoms with van der Waals surface area (Å²) < 4.78 is 4.94. The number of pyridine rings is 2. The fourth-order valence-electron chi connectivity index (χ4n) is 3.29. The molecule has 0 spiro atoms. The summed E-state index contributed by atoms with van der Waals surface area (Å²) >= 11 is 0. The zero-order valence-corrected chi connectivity index (χ0v) is 26.4. The molecular formula is C32H40Cu2N2O7+2. The van der Waals surface area contributed by atoms with E-state index < -0.39 is 0 Å². The molecule has 1 saturated heterocycles. The van der Waals surface area contributed by atoms with Crippen molar-refractivity contribution in [2.45, 2.75) is 40.5 Å². The standard InChI is InChI=1S/2C9H7NO.2C5H8O2.C4H8O.2Cu/c2*11-8-5-1-3-7-4-2-6-10-9(7)8;2*1-4(6)3-5(2)7;1-2-4-5-3-1;;/h2*1-6,11H;2*3,6H,1-2H3;1-4H2;;/p+2. The van der Waals surface area contributed by atoms with Gasteiger partial charge >= 0.3 is 11.6 Å². The van der Waals surface area contributed by atoms with Crippen LogP contribution in [0.4, 0.5) is 0 Å². The molecule has 5 rings (SSSR count). The van der Waals surface area contributed by atoms with Gasteiger partial charge in [0.2, 0.25) is 0 Å². The van der Waals surface area contributed by atoms with Gasteiger partial charge < -0.3 is 25.2 Å². The summed E-state index contributed by atoms with van der Waals surface area (Å²) in [6.07, 6.45) is 8.45. The Morgan fingerprint density at radius 3 is 1.23 bits per heavy atom. The maximum Gasteiger partial charge on any atom is 0.316 e. The number of phenolic OH excluding ortho intramolecular Hbond substituents is 2. The van der Waals surface area contributed by atoms with E-state index in [0.717, 1.165) is 24.0 Å². The molecule has 0 amide bonds. The summed E-state index contributed by atoms with van der Waals surface area (Å²) in [7, 11) is 0. The third-order valence-corrected chi connectivity index (χ3v) is 4.89. The molecule has 0 atom stereocenters. The number of hydrogen-bond donors (Lipinski definition) is 4. The summed E-state index contributed by atoms with van der Waals surface area (Å²) in [5.41, 5.74) is 1.32. The van der Waals surface area contributed by atoms with Crippen molar-refractivity contribution in [1.82, 2.24) is 9.97 Å². The van der Waals surface area contributed by atoms with Crippen LogP contribution in [0.3, 0.4) is 0 Å². The zero-order valence-electron chi connectivity index (χ0n) is 24.5. The fraction of sp³-hybridized carbons (Fsp3) is 0.250. The van der Waals surface area contributed by atoms with E-state index >= 15 is 0 Å². The minimum Gasteiger partial charge on any atom is -0.512 e. The quantitative estimate of drug-likeness (QED) is 0.0788. The van der Waals surface area contributed by atoms with Crippen LogP contribution in [-0.2, 0) is 38.9 Å². The third-order valence-electron chi connectivity index (χ3n) is 4.89. The van der Waals surface area contributed by atoms with Crippen molar-refractivity contribution in [2.24, 2.45) is 0 Å². The molecule has 2 aromatic carbocycles. The van der Waals surface area contributed by atoms with Gasteiger partial charge in [-0.05, 0) is 51.0 Å². The summed E-state index contributed by atoms with van der Waals surface area (Å²) in [4.78, 5) is 24.9. The Morgan fingerprint density at radius 2 is 1.00 bits per heavy atom. The second kappa shape index (κ2) is 23.8. The monoisotopic (exact) mass is 690 g/mol. The Hall–Kier alpha value is -3.72. The molecule has 1 aliphatic rings. The molecule has 4 aromatic rings. The van der Waals surface area contributed by atoms with Crippen molar-refractivity contribution in [1.29, 1.82) is 0 Å². The Bertz CT molecular complexity index is 1320. The van der Waals surface area contributed by atoms with Crippen molar-refractivity contribution in [3.63, 3.8) is 0 Å². The first kappa shape index (κ1) is 41.4. The molecule has 0 bridgehead atoms. The maximum absolute atomic E-state index is 9.31. The minimum atomic E-state index is 0. The number of aromatic nitrogens is 2. The Kier molecular flexibility index (Phi) is 22.9. The van der Waals surface area contributed by atoms with Gasteiger partial charge in [-0.1, -0.05) is 36.4 Å². The Labute approximate surface area is 273 Å². The SMILES string of the molecule is C1CCOC1.CC(=[OH+])C=C(C)O.CC(=[OH+])C=C(C)O.Oc1cccc2cccnc12.Oc1cccc2cccnc12.[Cu].[Cu]. The molecular weight excluding hydrogens is 651 g/mol. The summed E-state index contributed by atoms with van der Waals surface area (Å²) in [5, 5.41) is 37.4. The number of hydrogen-bond acceptors (Lipinski definition) is 7. The average Bonchev–Trinajstić information content (AvgIpc) is 3.50. The number of rotatable bonds is 2. The molecule has 2 radical (unpaired) electrons. The molecule has 6 N–H and O–H groups in total. The molecule has 2 aromatic heterocycles. The molecule has 3 heterocycles. The summed E-state index contributed by atoms with van der Waals surface area (Å²) in [6.45, 7) is 8.00. The second-order valence-corrected chi connectivity index (χ2v) is 8.88. The smallest absolute Gasteiger partial charge is 0.316 e. The van der Waals surface area contributed by atoms with E-state index in [4.69, 9.17) is 24.5 Å². The number of ether oxygens (including phenoxy) is 1. The molecule has 9 nitrogen and oxygen atoms in total. The number of ketones is 2. The molecule has 0 aliphatic carbocycles. The summed E-state index contributed by atoms with van der Waals surface area (Å²) in [6, 6.07) is 18.3. The van der Waals surface area contributed by atoms with E-state index in [-0.39, 0.29) is 68.7 Å². The van der Waals surface area contributed by atoms with Gasteiger partial charge in [0.1, 0.15) is 22.5 Å². The second-order valence-electron chi connectivity index (χ2n) is 8.88. The van der Waals surface area contributed by atoms with Gasteiger partial charge in [-0.2, -0.15) is 0 Å².